The molecule has 1 fully saturated rings. The van der Waals surface area contributed by atoms with Gasteiger partial charge in [-0.25, -0.2) is 4.98 Å². The van der Waals surface area contributed by atoms with E-state index in [-0.39, 0.29) is 11.9 Å². The summed E-state index contributed by atoms with van der Waals surface area (Å²) in [6.07, 6.45) is 4.40. The molecule has 0 spiro atoms. The van der Waals surface area contributed by atoms with Crippen molar-refractivity contribution < 1.29 is 4.79 Å². The molecule has 0 aromatic carbocycles. The zero-order chi connectivity index (χ0) is 15.5. The van der Waals surface area contributed by atoms with E-state index in [9.17, 15) is 4.79 Å². The van der Waals surface area contributed by atoms with Gasteiger partial charge in [-0.05, 0) is 43.7 Å². The van der Waals surface area contributed by atoms with Crippen LogP contribution in [0.5, 0.6) is 0 Å². The minimum atomic E-state index is -0.178. The van der Waals surface area contributed by atoms with E-state index in [1.807, 2.05) is 6.92 Å². The molecule has 1 amide bonds. The van der Waals surface area contributed by atoms with Crippen LogP contribution < -0.4 is 10.6 Å². The maximum Gasteiger partial charge on any atom is 0.271 e. The summed E-state index contributed by atoms with van der Waals surface area (Å²) in [6.45, 7) is 7.25. The van der Waals surface area contributed by atoms with Crippen molar-refractivity contribution in [1.82, 2.24) is 10.3 Å². The predicted molar refractivity (Wildman–Crippen MR) is 86.9 cm³/mol. The topological polar surface area (TPSA) is 54.0 Å². The fraction of sp³-hybridized carbons (Fsp3) is 0.625. The highest BCUT2D eigenvalue weighted by atomic mass is 35.5. The minimum Gasteiger partial charge on any atom is -0.370 e. The molecule has 0 saturated heterocycles. The molecule has 2 N–H and O–H groups in total. The first-order valence-corrected chi connectivity index (χ1v) is 8.00. The number of hydrogen-bond donors (Lipinski definition) is 2. The molecule has 1 heterocycles. The fourth-order valence-corrected chi connectivity index (χ4v) is 3.15. The zero-order valence-corrected chi connectivity index (χ0v) is 13.8. The maximum atomic E-state index is 12.4. The van der Waals surface area contributed by atoms with Crippen LogP contribution in [0.15, 0.2) is 12.1 Å². The smallest absolute Gasteiger partial charge is 0.271 e. The van der Waals surface area contributed by atoms with Gasteiger partial charge in [0.2, 0.25) is 0 Å². The highest BCUT2D eigenvalue weighted by Gasteiger charge is 2.29. The van der Waals surface area contributed by atoms with E-state index in [1.54, 1.807) is 12.1 Å². The van der Waals surface area contributed by atoms with Crippen LogP contribution in [0.1, 0.15) is 56.9 Å². The Hall–Kier alpha value is -1.29. The van der Waals surface area contributed by atoms with E-state index in [4.69, 9.17) is 11.6 Å². The third kappa shape index (κ3) is 4.34. The molecular weight excluding hydrogens is 286 g/mol. The summed E-state index contributed by atoms with van der Waals surface area (Å²) in [6, 6.07) is 3.71. The van der Waals surface area contributed by atoms with Gasteiger partial charge in [-0.1, -0.05) is 31.9 Å². The van der Waals surface area contributed by atoms with Crippen molar-refractivity contribution in [3.05, 3.63) is 22.8 Å². The number of carbonyl (C=O) groups is 1. The molecule has 4 nitrogen and oxygen atoms in total. The second-order valence-corrected chi connectivity index (χ2v) is 6.90. The van der Waals surface area contributed by atoms with Gasteiger partial charge in [-0.3, -0.25) is 4.79 Å². The summed E-state index contributed by atoms with van der Waals surface area (Å²) in [4.78, 5) is 16.7. The average Bonchev–Trinajstić information content (AvgIpc) is 2.40. The summed E-state index contributed by atoms with van der Waals surface area (Å²) in [7, 11) is 0. The van der Waals surface area contributed by atoms with Crippen molar-refractivity contribution >= 4 is 23.3 Å². The van der Waals surface area contributed by atoms with E-state index in [1.165, 1.54) is 6.42 Å². The maximum absolute atomic E-state index is 12.4. The van der Waals surface area contributed by atoms with Crippen molar-refractivity contribution in [2.24, 2.45) is 5.41 Å². The van der Waals surface area contributed by atoms with Crippen LogP contribution >= 0.6 is 11.6 Å². The fourth-order valence-electron chi connectivity index (χ4n) is 2.96. The Balaban J connectivity index is 2.07. The van der Waals surface area contributed by atoms with E-state index < -0.39 is 0 Å². The lowest BCUT2D eigenvalue weighted by Gasteiger charge is -2.35. The minimum absolute atomic E-state index is 0.178. The number of carbonyl (C=O) groups excluding carboxylic acids is 1. The van der Waals surface area contributed by atoms with Crippen molar-refractivity contribution in [3.8, 4) is 0 Å². The number of anilines is 1. The number of nitrogens with zero attached hydrogens (tertiary/aromatic N) is 1. The van der Waals surface area contributed by atoms with Crippen LogP contribution in [-0.4, -0.2) is 23.5 Å². The van der Waals surface area contributed by atoms with Gasteiger partial charge in [0.05, 0.1) is 5.02 Å². The normalized spacial score (nSPS) is 20.9. The van der Waals surface area contributed by atoms with Gasteiger partial charge in [-0.15, -0.1) is 0 Å². The van der Waals surface area contributed by atoms with E-state index in [0.29, 0.717) is 21.9 Å². The zero-order valence-electron chi connectivity index (χ0n) is 13.0. The summed E-state index contributed by atoms with van der Waals surface area (Å²) in [5.74, 6) is 0.499. The molecular formula is C16H24ClN3O. The van der Waals surface area contributed by atoms with Crippen molar-refractivity contribution in [1.29, 1.82) is 0 Å². The lowest BCUT2D eigenvalue weighted by molar-refractivity contribution is 0.0898. The van der Waals surface area contributed by atoms with Crippen molar-refractivity contribution in [3.63, 3.8) is 0 Å². The standard InChI is InChI=1S/C16H24ClN3O/c1-4-18-13-8-7-12(17)14(20-13)15(21)19-11-6-5-9-16(2,3)10-11/h7-8,11H,4-6,9-10H2,1-3H3,(H,18,20)(H,19,21). The molecule has 1 aromatic rings. The summed E-state index contributed by atoms with van der Waals surface area (Å²) < 4.78 is 0. The molecule has 0 radical (unpaired) electrons. The molecule has 116 valence electrons. The van der Waals surface area contributed by atoms with Gasteiger partial charge >= 0.3 is 0 Å². The second kappa shape index (κ2) is 6.65. The van der Waals surface area contributed by atoms with E-state index in [2.05, 4.69) is 29.5 Å². The molecule has 21 heavy (non-hydrogen) atoms. The Bertz CT molecular complexity index is 516. The number of amides is 1. The number of hydrogen-bond acceptors (Lipinski definition) is 3. The number of aromatic nitrogens is 1. The summed E-state index contributed by atoms with van der Waals surface area (Å²) in [5, 5.41) is 6.58. The number of halogens is 1. The number of nitrogens with one attached hydrogen (secondary N) is 2. The van der Waals surface area contributed by atoms with Crippen LogP contribution in [0.2, 0.25) is 5.02 Å². The second-order valence-electron chi connectivity index (χ2n) is 6.49. The first-order valence-electron chi connectivity index (χ1n) is 7.62. The van der Waals surface area contributed by atoms with E-state index in [0.717, 1.165) is 25.8 Å². The lowest BCUT2D eigenvalue weighted by atomic mass is 9.75. The molecule has 1 aliphatic rings. The van der Waals surface area contributed by atoms with Crippen LogP contribution in [0, 0.1) is 5.41 Å². The number of pyridine rings is 1. The highest BCUT2D eigenvalue weighted by Crippen LogP contribution is 2.35. The molecule has 1 saturated carbocycles. The van der Waals surface area contributed by atoms with Crippen LogP contribution in [-0.2, 0) is 0 Å². The average molecular weight is 310 g/mol. The molecule has 5 heteroatoms. The molecule has 0 bridgehead atoms. The molecule has 2 rings (SSSR count). The van der Waals surface area contributed by atoms with Gasteiger partial charge in [0, 0.05) is 12.6 Å². The van der Waals surface area contributed by atoms with Crippen LogP contribution in [0.4, 0.5) is 5.82 Å². The molecule has 1 aromatic heterocycles. The summed E-state index contributed by atoms with van der Waals surface area (Å²) >= 11 is 6.11. The molecule has 1 atom stereocenters. The van der Waals surface area contributed by atoms with Crippen LogP contribution in [0.25, 0.3) is 0 Å². The molecule has 0 aliphatic heterocycles. The first kappa shape index (κ1) is 16.1. The third-order valence-electron chi connectivity index (χ3n) is 3.96. The SMILES string of the molecule is CCNc1ccc(Cl)c(C(=O)NC2CCCC(C)(C)C2)n1. The first-order chi connectivity index (χ1) is 9.91. The Kier molecular flexibility index (Phi) is 5.09. The Morgan fingerprint density at radius 2 is 2.24 bits per heavy atom. The van der Waals surface area contributed by atoms with Crippen LogP contribution in [0.3, 0.4) is 0 Å². The lowest BCUT2D eigenvalue weighted by Crippen LogP contribution is -2.41. The van der Waals surface area contributed by atoms with Gasteiger partial charge in [-0.2, -0.15) is 0 Å². The largest absolute Gasteiger partial charge is 0.370 e. The van der Waals surface area contributed by atoms with Gasteiger partial charge in [0.25, 0.3) is 5.91 Å². The Morgan fingerprint density at radius 1 is 1.48 bits per heavy atom. The highest BCUT2D eigenvalue weighted by molar-refractivity contribution is 6.33. The molecule has 1 unspecified atom stereocenters. The monoisotopic (exact) mass is 309 g/mol. The van der Waals surface area contributed by atoms with E-state index >= 15 is 0 Å². The van der Waals surface area contributed by atoms with Gasteiger partial charge in [0.1, 0.15) is 11.5 Å². The number of rotatable bonds is 4. The Morgan fingerprint density at radius 3 is 2.90 bits per heavy atom. The molecule has 1 aliphatic carbocycles. The van der Waals surface area contributed by atoms with Gasteiger partial charge < -0.3 is 10.6 Å². The Labute approximate surface area is 131 Å². The summed E-state index contributed by atoms with van der Waals surface area (Å²) in [5.41, 5.74) is 0.595. The van der Waals surface area contributed by atoms with Crippen molar-refractivity contribution in [2.45, 2.75) is 52.5 Å². The quantitative estimate of drug-likeness (QED) is 0.888. The van der Waals surface area contributed by atoms with Crippen molar-refractivity contribution in [2.75, 3.05) is 11.9 Å². The third-order valence-corrected chi connectivity index (χ3v) is 4.26. The van der Waals surface area contributed by atoms with Gasteiger partial charge in [0.15, 0.2) is 0 Å². The predicted octanol–water partition coefficient (Wildman–Crippen LogP) is 3.87.